The van der Waals surface area contributed by atoms with Crippen LogP contribution in [-0.2, 0) is 4.74 Å². The van der Waals surface area contributed by atoms with E-state index in [1.54, 1.807) is 6.92 Å². The van der Waals surface area contributed by atoms with Crippen LogP contribution in [0.4, 0.5) is 4.39 Å². The van der Waals surface area contributed by atoms with E-state index in [1.807, 2.05) is 0 Å². The van der Waals surface area contributed by atoms with Gasteiger partial charge in [-0.05, 0) is 6.92 Å². The van der Waals surface area contributed by atoms with Crippen LogP contribution < -0.4 is 0 Å². The SMILES string of the molecule is CCOC(=O)c1cc(F)[c]cn1. The molecule has 12 heavy (non-hydrogen) atoms. The van der Waals surface area contributed by atoms with Gasteiger partial charge in [0.1, 0.15) is 5.82 Å². The summed E-state index contributed by atoms with van der Waals surface area (Å²) in [5, 5.41) is 0. The van der Waals surface area contributed by atoms with Gasteiger partial charge in [-0.25, -0.2) is 14.2 Å². The first kappa shape index (κ1) is 8.64. The van der Waals surface area contributed by atoms with E-state index in [2.05, 4.69) is 15.8 Å². The normalized spacial score (nSPS) is 9.50. The van der Waals surface area contributed by atoms with Gasteiger partial charge < -0.3 is 4.74 Å². The number of hydrogen-bond donors (Lipinski definition) is 0. The molecule has 0 aliphatic rings. The van der Waals surface area contributed by atoms with Gasteiger partial charge in [0.2, 0.25) is 0 Å². The summed E-state index contributed by atoms with van der Waals surface area (Å²) in [5.74, 6) is -1.24. The molecule has 0 aliphatic carbocycles. The Labute approximate surface area is 69.2 Å². The van der Waals surface area contributed by atoms with Gasteiger partial charge in [-0.2, -0.15) is 0 Å². The van der Waals surface area contributed by atoms with Crippen molar-refractivity contribution in [2.24, 2.45) is 0 Å². The Morgan fingerprint density at radius 1 is 1.83 bits per heavy atom. The molecule has 0 atom stereocenters. The van der Waals surface area contributed by atoms with Gasteiger partial charge >= 0.3 is 5.97 Å². The molecule has 1 rings (SSSR count). The first-order valence-electron chi connectivity index (χ1n) is 3.44. The first-order valence-corrected chi connectivity index (χ1v) is 3.44. The number of carbonyl (C=O) groups excluding carboxylic acids is 1. The zero-order valence-corrected chi connectivity index (χ0v) is 6.50. The molecule has 0 saturated carbocycles. The average Bonchev–Trinajstić information content (AvgIpc) is 2.05. The molecule has 0 unspecified atom stereocenters. The Morgan fingerprint density at radius 3 is 3.17 bits per heavy atom. The van der Waals surface area contributed by atoms with Crippen LogP contribution in [-0.4, -0.2) is 17.6 Å². The molecule has 63 valence electrons. The van der Waals surface area contributed by atoms with Gasteiger partial charge in [-0.3, -0.25) is 0 Å². The molecule has 0 amide bonds. The molecule has 0 saturated heterocycles. The highest BCUT2D eigenvalue weighted by atomic mass is 19.1. The fourth-order valence-electron chi connectivity index (χ4n) is 0.679. The molecule has 0 N–H and O–H groups in total. The lowest BCUT2D eigenvalue weighted by molar-refractivity contribution is 0.0519. The Kier molecular flexibility index (Phi) is 2.74. The van der Waals surface area contributed by atoms with Gasteiger partial charge in [-0.15, -0.1) is 0 Å². The summed E-state index contributed by atoms with van der Waals surface area (Å²) in [6, 6.07) is 3.17. The molecule has 0 fully saturated rings. The van der Waals surface area contributed by atoms with Crippen molar-refractivity contribution in [2.75, 3.05) is 6.61 Å². The molecule has 0 aliphatic heterocycles. The summed E-state index contributed by atoms with van der Waals surface area (Å²) in [6.45, 7) is 1.92. The maximum absolute atomic E-state index is 12.5. The summed E-state index contributed by atoms with van der Waals surface area (Å²) in [6.07, 6.45) is 1.10. The minimum absolute atomic E-state index is 0.0342. The number of pyridine rings is 1. The van der Waals surface area contributed by atoms with Crippen molar-refractivity contribution < 1.29 is 13.9 Å². The van der Waals surface area contributed by atoms with Crippen molar-refractivity contribution >= 4 is 5.97 Å². The van der Waals surface area contributed by atoms with Crippen LogP contribution in [0, 0.1) is 11.9 Å². The van der Waals surface area contributed by atoms with Crippen molar-refractivity contribution in [3.05, 3.63) is 29.8 Å². The number of nitrogens with zero attached hydrogens (tertiary/aromatic N) is 1. The molecule has 3 nitrogen and oxygen atoms in total. The van der Waals surface area contributed by atoms with E-state index >= 15 is 0 Å². The molecule has 4 heteroatoms. The number of aromatic nitrogens is 1. The number of esters is 1. The maximum atomic E-state index is 12.5. The van der Waals surface area contributed by atoms with Gasteiger partial charge in [0.15, 0.2) is 5.69 Å². The van der Waals surface area contributed by atoms with E-state index < -0.39 is 11.8 Å². The monoisotopic (exact) mass is 168 g/mol. The molecule has 1 aromatic rings. The summed E-state index contributed by atoms with van der Waals surface area (Å²) < 4.78 is 17.1. The van der Waals surface area contributed by atoms with E-state index in [0.29, 0.717) is 0 Å². The summed E-state index contributed by atoms with van der Waals surface area (Å²) in [5.41, 5.74) is -0.0342. The van der Waals surface area contributed by atoms with Crippen LogP contribution in [0.15, 0.2) is 12.3 Å². The van der Waals surface area contributed by atoms with E-state index in [9.17, 15) is 9.18 Å². The predicted molar refractivity (Wildman–Crippen MR) is 39.0 cm³/mol. The Bertz CT molecular complexity index is 288. The van der Waals surface area contributed by atoms with Crippen molar-refractivity contribution in [2.45, 2.75) is 6.92 Å². The number of halogens is 1. The lowest BCUT2D eigenvalue weighted by atomic mass is 10.3. The van der Waals surface area contributed by atoms with E-state index in [4.69, 9.17) is 0 Å². The molecule has 0 spiro atoms. The summed E-state index contributed by atoms with van der Waals surface area (Å²) in [4.78, 5) is 14.5. The molecule has 0 bridgehead atoms. The number of carbonyl (C=O) groups is 1. The lowest BCUT2D eigenvalue weighted by Crippen LogP contribution is -2.06. The molecular weight excluding hydrogens is 161 g/mol. The lowest BCUT2D eigenvalue weighted by Gasteiger charge is -1.99. The Balaban J connectivity index is 2.81. The molecule has 1 heterocycles. The summed E-state index contributed by atoms with van der Waals surface area (Å²) in [7, 11) is 0. The second kappa shape index (κ2) is 3.80. The van der Waals surface area contributed by atoms with Gasteiger partial charge in [-0.1, -0.05) is 0 Å². The van der Waals surface area contributed by atoms with Crippen molar-refractivity contribution in [3.8, 4) is 0 Å². The van der Waals surface area contributed by atoms with Crippen LogP contribution in [0.3, 0.4) is 0 Å². The fourth-order valence-corrected chi connectivity index (χ4v) is 0.679. The number of hydrogen-bond acceptors (Lipinski definition) is 3. The maximum Gasteiger partial charge on any atom is 0.357 e. The van der Waals surface area contributed by atoms with Crippen LogP contribution >= 0.6 is 0 Å². The largest absolute Gasteiger partial charge is 0.461 e. The Morgan fingerprint density at radius 2 is 2.58 bits per heavy atom. The third-order valence-corrected chi connectivity index (χ3v) is 1.15. The van der Waals surface area contributed by atoms with Crippen LogP contribution in [0.2, 0.25) is 0 Å². The molecule has 1 radical (unpaired) electrons. The predicted octanol–water partition coefficient (Wildman–Crippen LogP) is 1.20. The first-order chi connectivity index (χ1) is 5.74. The van der Waals surface area contributed by atoms with Crippen molar-refractivity contribution in [1.29, 1.82) is 0 Å². The quantitative estimate of drug-likeness (QED) is 0.623. The van der Waals surface area contributed by atoms with Gasteiger partial charge in [0.25, 0.3) is 0 Å². The van der Waals surface area contributed by atoms with E-state index in [0.717, 1.165) is 12.3 Å². The minimum atomic E-state index is -0.620. The highest BCUT2D eigenvalue weighted by molar-refractivity contribution is 5.87. The van der Waals surface area contributed by atoms with Gasteiger partial charge in [0.05, 0.1) is 6.61 Å². The van der Waals surface area contributed by atoms with E-state index in [-0.39, 0.29) is 12.3 Å². The second-order valence-corrected chi connectivity index (χ2v) is 2.00. The third-order valence-electron chi connectivity index (χ3n) is 1.15. The van der Waals surface area contributed by atoms with E-state index in [1.165, 1.54) is 0 Å². The zero-order chi connectivity index (χ0) is 8.97. The van der Waals surface area contributed by atoms with Crippen molar-refractivity contribution in [1.82, 2.24) is 4.98 Å². The second-order valence-electron chi connectivity index (χ2n) is 2.00. The highest BCUT2D eigenvalue weighted by Crippen LogP contribution is 2.00. The number of rotatable bonds is 2. The highest BCUT2D eigenvalue weighted by Gasteiger charge is 2.07. The third kappa shape index (κ3) is 2.02. The zero-order valence-electron chi connectivity index (χ0n) is 6.50. The minimum Gasteiger partial charge on any atom is -0.461 e. The molecule has 0 aromatic carbocycles. The fraction of sp³-hybridized carbons (Fsp3) is 0.250. The summed E-state index contributed by atoms with van der Waals surface area (Å²) >= 11 is 0. The van der Waals surface area contributed by atoms with Crippen LogP contribution in [0.1, 0.15) is 17.4 Å². The molecular formula is C8H7FNO2. The smallest absolute Gasteiger partial charge is 0.357 e. The standard InChI is InChI=1S/C8H7FNO2/c1-2-12-8(11)7-5-6(9)3-4-10-7/h4-5H,2H2,1H3. The van der Waals surface area contributed by atoms with Crippen LogP contribution in [0.5, 0.6) is 0 Å². The van der Waals surface area contributed by atoms with Crippen LogP contribution in [0.25, 0.3) is 0 Å². The molecule has 1 aromatic heterocycles. The van der Waals surface area contributed by atoms with Gasteiger partial charge in [0, 0.05) is 18.3 Å². The number of ether oxygens (including phenoxy) is 1. The van der Waals surface area contributed by atoms with Crippen molar-refractivity contribution in [3.63, 3.8) is 0 Å². The topological polar surface area (TPSA) is 39.2 Å². The Hall–Kier alpha value is -1.45. The average molecular weight is 168 g/mol.